The van der Waals surface area contributed by atoms with Gasteiger partial charge in [-0.2, -0.15) is 0 Å². The van der Waals surface area contributed by atoms with Gasteiger partial charge in [-0.15, -0.1) is 34.2 Å². The summed E-state index contributed by atoms with van der Waals surface area (Å²) < 4.78 is 1.98. The zero-order valence-electron chi connectivity index (χ0n) is 14.7. The second-order valence-electron chi connectivity index (χ2n) is 5.59. The van der Waals surface area contributed by atoms with Crippen LogP contribution in [0.3, 0.4) is 0 Å². The zero-order valence-corrected chi connectivity index (χ0v) is 17.7. The molecule has 138 valence electrons. The van der Waals surface area contributed by atoms with E-state index in [0.29, 0.717) is 0 Å². The fourth-order valence-electron chi connectivity index (χ4n) is 2.29. The summed E-state index contributed by atoms with van der Waals surface area (Å²) in [4.78, 5) is 4.64. The fourth-order valence-corrected chi connectivity index (χ4v) is 2.42. The molecule has 0 aliphatic rings. The van der Waals surface area contributed by atoms with E-state index in [-0.39, 0.29) is 30.0 Å². The number of aryl methyl sites for hydroxylation is 1. The molecule has 1 atom stereocenters. The lowest BCUT2D eigenvalue weighted by Crippen LogP contribution is -2.38. The summed E-state index contributed by atoms with van der Waals surface area (Å²) in [5.41, 5.74) is 1.18. The van der Waals surface area contributed by atoms with Crippen LogP contribution in [0.4, 0.5) is 0 Å². The van der Waals surface area contributed by atoms with Crippen LogP contribution in [0.5, 0.6) is 0 Å². The van der Waals surface area contributed by atoms with Crippen LogP contribution in [-0.4, -0.2) is 33.8 Å². The molecule has 8 heteroatoms. The summed E-state index contributed by atoms with van der Waals surface area (Å²) in [5.74, 6) is 0.837. The van der Waals surface area contributed by atoms with Gasteiger partial charge in [-0.05, 0) is 44.4 Å². The van der Waals surface area contributed by atoms with E-state index in [1.165, 1.54) is 5.56 Å². The van der Waals surface area contributed by atoms with Gasteiger partial charge in [-0.1, -0.05) is 23.7 Å². The lowest BCUT2D eigenvalue weighted by atomic mass is 10.1. The Hall–Kier alpha value is -1.35. The quantitative estimate of drug-likeness (QED) is 0.264. The Morgan fingerprint density at radius 2 is 1.88 bits per heavy atom. The smallest absolute Gasteiger partial charge is 0.191 e. The predicted octanol–water partition coefficient (Wildman–Crippen LogP) is 3.65. The van der Waals surface area contributed by atoms with Gasteiger partial charge >= 0.3 is 0 Å². The van der Waals surface area contributed by atoms with Crippen molar-refractivity contribution in [2.75, 3.05) is 13.1 Å². The molecule has 0 fully saturated rings. The molecule has 6 nitrogen and oxygen atoms in total. The van der Waals surface area contributed by atoms with Crippen molar-refractivity contribution < 1.29 is 0 Å². The minimum Gasteiger partial charge on any atom is -0.357 e. The van der Waals surface area contributed by atoms with E-state index in [9.17, 15) is 0 Å². The number of halogens is 2. The molecule has 25 heavy (non-hydrogen) atoms. The molecule has 0 aliphatic carbocycles. The first-order valence-corrected chi connectivity index (χ1v) is 8.69. The number of aromatic nitrogens is 3. The van der Waals surface area contributed by atoms with Crippen molar-refractivity contribution in [3.8, 4) is 0 Å². The van der Waals surface area contributed by atoms with E-state index in [1.54, 1.807) is 12.7 Å². The van der Waals surface area contributed by atoms with Gasteiger partial charge in [-0.3, -0.25) is 4.99 Å². The molecule has 2 N–H and O–H groups in total. The summed E-state index contributed by atoms with van der Waals surface area (Å²) >= 11 is 5.94. The SMILES string of the molecule is CCNC(=NCCCCn1cnnc1)NC(C)c1ccc(Cl)cc1.I. The molecule has 1 aromatic heterocycles. The molecule has 0 saturated heterocycles. The van der Waals surface area contributed by atoms with Gasteiger partial charge in [0.15, 0.2) is 5.96 Å². The maximum Gasteiger partial charge on any atom is 0.191 e. The van der Waals surface area contributed by atoms with Gasteiger partial charge in [0.2, 0.25) is 0 Å². The third kappa shape index (κ3) is 8.04. The standard InChI is InChI=1S/C17H25ClN6.HI/c1-3-19-17(20-10-4-5-11-24-12-21-22-13-24)23-14(2)15-6-8-16(18)9-7-15;/h6-9,12-14H,3-5,10-11H2,1-2H3,(H2,19,20,23);1H. The normalized spacial score (nSPS) is 12.4. The van der Waals surface area contributed by atoms with Crippen LogP contribution in [0.15, 0.2) is 41.9 Å². The third-order valence-corrected chi connectivity index (χ3v) is 3.88. The van der Waals surface area contributed by atoms with Crippen LogP contribution in [0.25, 0.3) is 0 Å². The number of hydrogen-bond donors (Lipinski definition) is 2. The van der Waals surface area contributed by atoms with Crippen molar-refractivity contribution in [1.29, 1.82) is 0 Å². The second-order valence-corrected chi connectivity index (χ2v) is 6.02. The van der Waals surface area contributed by atoms with Gasteiger partial charge in [-0.25, -0.2) is 0 Å². The van der Waals surface area contributed by atoms with Crippen LogP contribution < -0.4 is 10.6 Å². The van der Waals surface area contributed by atoms with Crippen molar-refractivity contribution in [2.24, 2.45) is 4.99 Å². The first-order valence-electron chi connectivity index (χ1n) is 8.31. The first kappa shape index (κ1) is 21.7. The highest BCUT2D eigenvalue weighted by molar-refractivity contribution is 14.0. The van der Waals surface area contributed by atoms with Crippen LogP contribution in [0, 0.1) is 0 Å². The van der Waals surface area contributed by atoms with Crippen molar-refractivity contribution in [3.63, 3.8) is 0 Å². The van der Waals surface area contributed by atoms with Crippen LogP contribution >= 0.6 is 35.6 Å². The summed E-state index contributed by atoms with van der Waals surface area (Å²) in [6.45, 7) is 6.72. The van der Waals surface area contributed by atoms with Gasteiger partial charge < -0.3 is 15.2 Å². The Kier molecular flexibility index (Phi) is 10.5. The maximum absolute atomic E-state index is 5.94. The molecular formula is C17H26ClIN6. The number of guanidine groups is 1. The van der Waals surface area contributed by atoms with Gasteiger partial charge in [0.1, 0.15) is 12.7 Å². The number of benzene rings is 1. The Labute approximate surface area is 171 Å². The lowest BCUT2D eigenvalue weighted by Gasteiger charge is -2.18. The molecule has 0 aliphatic heterocycles. The Morgan fingerprint density at radius 3 is 2.52 bits per heavy atom. The Morgan fingerprint density at radius 1 is 1.20 bits per heavy atom. The zero-order chi connectivity index (χ0) is 17.2. The fraction of sp³-hybridized carbons (Fsp3) is 0.471. The highest BCUT2D eigenvalue weighted by atomic mass is 127. The van der Waals surface area contributed by atoms with E-state index in [0.717, 1.165) is 43.5 Å². The number of unbranched alkanes of at least 4 members (excludes halogenated alkanes) is 1. The maximum atomic E-state index is 5.94. The minimum atomic E-state index is 0. The van der Waals surface area contributed by atoms with E-state index in [1.807, 2.05) is 28.8 Å². The molecule has 2 aromatic rings. The highest BCUT2D eigenvalue weighted by Gasteiger charge is 2.07. The van der Waals surface area contributed by atoms with Crippen LogP contribution in [0.2, 0.25) is 5.02 Å². The Balaban J connectivity index is 0.00000312. The van der Waals surface area contributed by atoms with Crippen LogP contribution in [-0.2, 0) is 6.54 Å². The van der Waals surface area contributed by atoms with Crippen LogP contribution in [0.1, 0.15) is 38.3 Å². The van der Waals surface area contributed by atoms with E-state index >= 15 is 0 Å². The van der Waals surface area contributed by atoms with Crippen molar-refractivity contribution in [2.45, 2.75) is 39.3 Å². The molecule has 1 aromatic carbocycles. The molecule has 0 spiro atoms. The molecule has 2 rings (SSSR count). The Bertz CT molecular complexity index is 615. The second kappa shape index (κ2) is 12.1. The largest absolute Gasteiger partial charge is 0.357 e. The van der Waals surface area contributed by atoms with E-state index in [4.69, 9.17) is 11.6 Å². The summed E-state index contributed by atoms with van der Waals surface area (Å²) in [7, 11) is 0. The number of hydrogen-bond acceptors (Lipinski definition) is 3. The molecule has 0 saturated carbocycles. The number of nitrogens with zero attached hydrogens (tertiary/aromatic N) is 4. The summed E-state index contributed by atoms with van der Waals surface area (Å²) in [5, 5.41) is 15.1. The third-order valence-electron chi connectivity index (χ3n) is 3.63. The van der Waals surface area contributed by atoms with Gasteiger partial charge in [0, 0.05) is 24.7 Å². The highest BCUT2D eigenvalue weighted by Crippen LogP contribution is 2.15. The van der Waals surface area contributed by atoms with Gasteiger partial charge in [0.25, 0.3) is 0 Å². The summed E-state index contributed by atoms with van der Waals surface area (Å²) in [6.07, 6.45) is 5.54. The van der Waals surface area contributed by atoms with Crippen molar-refractivity contribution >= 4 is 41.5 Å². The molecule has 0 bridgehead atoms. The molecule has 0 amide bonds. The monoisotopic (exact) mass is 476 g/mol. The average molecular weight is 477 g/mol. The van der Waals surface area contributed by atoms with E-state index < -0.39 is 0 Å². The van der Waals surface area contributed by atoms with Crippen molar-refractivity contribution in [1.82, 2.24) is 25.4 Å². The first-order chi connectivity index (χ1) is 11.7. The van der Waals surface area contributed by atoms with Gasteiger partial charge in [0.05, 0.1) is 6.04 Å². The van der Waals surface area contributed by atoms with Crippen molar-refractivity contribution in [3.05, 3.63) is 47.5 Å². The topological polar surface area (TPSA) is 67.1 Å². The number of aliphatic imine (C=N–C) groups is 1. The number of nitrogens with one attached hydrogen (secondary N) is 2. The number of rotatable bonds is 8. The van der Waals surface area contributed by atoms with E-state index in [2.05, 4.69) is 39.7 Å². The molecular weight excluding hydrogens is 451 g/mol. The molecule has 1 unspecified atom stereocenters. The summed E-state index contributed by atoms with van der Waals surface area (Å²) in [6, 6.07) is 8.04. The lowest BCUT2D eigenvalue weighted by molar-refractivity contribution is 0.609. The minimum absolute atomic E-state index is 0. The molecule has 1 heterocycles. The molecule has 0 radical (unpaired) electrons. The average Bonchev–Trinajstić information content (AvgIpc) is 3.08. The predicted molar refractivity (Wildman–Crippen MR) is 114 cm³/mol.